The summed E-state index contributed by atoms with van der Waals surface area (Å²) in [5, 5.41) is 14.3. The third-order valence-electron chi connectivity index (χ3n) is 5.51. The zero-order chi connectivity index (χ0) is 23.8. The van der Waals surface area contributed by atoms with Crippen LogP contribution in [0.15, 0.2) is 34.7 Å². The highest BCUT2D eigenvalue weighted by Crippen LogP contribution is 2.33. The lowest BCUT2D eigenvalue weighted by molar-refractivity contribution is 0.0288. The third-order valence-corrected chi connectivity index (χ3v) is 5.51. The van der Waals surface area contributed by atoms with Crippen LogP contribution in [-0.4, -0.2) is 56.7 Å². The van der Waals surface area contributed by atoms with Crippen LogP contribution in [0, 0.1) is 6.92 Å². The molecule has 176 valence electrons. The van der Waals surface area contributed by atoms with E-state index in [2.05, 4.69) is 0 Å². The largest absolute Gasteiger partial charge is 0.497 e. The van der Waals surface area contributed by atoms with Crippen molar-refractivity contribution in [2.45, 2.75) is 52.4 Å². The van der Waals surface area contributed by atoms with Crippen LogP contribution >= 0.6 is 0 Å². The van der Waals surface area contributed by atoms with E-state index in [9.17, 15) is 9.90 Å². The highest BCUT2D eigenvalue weighted by Gasteiger charge is 2.33. The Morgan fingerprint density at radius 1 is 1.27 bits per heavy atom. The number of hydrogen-bond donors (Lipinski definition) is 1. The molecule has 1 fully saturated rings. The van der Waals surface area contributed by atoms with Crippen molar-refractivity contribution in [1.29, 1.82) is 0 Å². The van der Waals surface area contributed by atoms with Gasteiger partial charge in [-0.2, -0.15) is 5.10 Å². The topological polar surface area (TPSA) is 103 Å². The van der Waals surface area contributed by atoms with Crippen molar-refractivity contribution in [3.8, 4) is 28.5 Å². The van der Waals surface area contributed by atoms with Gasteiger partial charge in [0, 0.05) is 18.7 Å². The zero-order valence-corrected chi connectivity index (χ0v) is 19.7. The quantitative estimate of drug-likeness (QED) is 0.616. The summed E-state index contributed by atoms with van der Waals surface area (Å²) in [7, 11) is 1.62. The number of nitrogens with zero attached hydrogens (tertiary/aromatic N) is 4. The van der Waals surface area contributed by atoms with Gasteiger partial charge in [-0.05, 0) is 64.4 Å². The van der Waals surface area contributed by atoms with Crippen LogP contribution in [0.4, 0.5) is 4.79 Å². The first-order valence-electron chi connectivity index (χ1n) is 11.0. The summed E-state index contributed by atoms with van der Waals surface area (Å²) in [6.45, 7) is 8.25. The molecular formula is C24H30N4O5. The third kappa shape index (κ3) is 4.88. The molecule has 0 saturated carbocycles. The molecule has 1 aliphatic rings. The molecule has 1 aliphatic heterocycles. The average Bonchev–Trinajstić information content (AvgIpc) is 3.50. The molecule has 0 spiro atoms. The summed E-state index contributed by atoms with van der Waals surface area (Å²) in [5.74, 6) is 3.06. The normalized spacial score (nSPS) is 16.3. The molecule has 9 heteroatoms. The number of aromatic nitrogens is 3. The lowest BCUT2D eigenvalue weighted by Gasteiger charge is -2.24. The average molecular weight is 455 g/mol. The monoisotopic (exact) mass is 454 g/mol. The molecule has 2 aromatic heterocycles. The Kier molecular flexibility index (Phi) is 6.16. The van der Waals surface area contributed by atoms with E-state index in [0.717, 1.165) is 23.3 Å². The Morgan fingerprint density at radius 3 is 2.61 bits per heavy atom. The predicted molar refractivity (Wildman–Crippen MR) is 122 cm³/mol. The molecule has 1 amide bonds. The van der Waals surface area contributed by atoms with E-state index >= 15 is 0 Å². The van der Waals surface area contributed by atoms with Crippen LogP contribution in [-0.2, 0) is 11.3 Å². The SMILES string of the molecule is COc1ccc(-c2nc(-c3cc(CO)oc3C)n(C3CCN(C(=O)OC(C)(C)C)C3)n2)cc1. The van der Waals surface area contributed by atoms with Gasteiger partial charge in [0.1, 0.15) is 29.5 Å². The lowest BCUT2D eigenvalue weighted by Crippen LogP contribution is -2.35. The summed E-state index contributed by atoms with van der Waals surface area (Å²) in [6, 6.07) is 9.26. The molecule has 1 N–H and O–H groups in total. The fourth-order valence-electron chi connectivity index (χ4n) is 3.90. The van der Waals surface area contributed by atoms with Gasteiger partial charge in [0.05, 0.1) is 18.7 Å². The first-order chi connectivity index (χ1) is 15.7. The number of carbonyl (C=O) groups is 1. The van der Waals surface area contributed by atoms with Crippen molar-refractivity contribution in [2.24, 2.45) is 0 Å². The first-order valence-corrected chi connectivity index (χ1v) is 11.0. The van der Waals surface area contributed by atoms with Gasteiger partial charge in [-0.25, -0.2) is 14.5 Å². The van der Waals surface area contributed by atoms with Gasteiger partial charge in [0.15, 0.2) is 11.6 Å². The molecule has 9 nitrogen and oxygen atoms in total. The number of carbonyl (C=O) groups excluding carboxylic acids is 1. The van der Waals surface area contributed by atoms with Crippen LogP contribution in [0.1, 0.15) is 44.8 Å². The van der Waals surface area contributed by atoms with E-state index in [1.807, 2.05) is 56.6 Å². The molecule has 0 aliphatic carbocycles. The zero-order valence-electron chi connectivity index (χ0n) is 19.7. The van der Waals surface area contributed by atoms with Crippen LogP contribution < -0.4 is 4.74 Å². The van der Waals surface area contributed by atoms with E-state index < -0.39 is 5.60 Å². The number of rotatable bonds is 5. The Hall–Kier alpha value is -3.33. The second kappa shape index (κ2) is 8.90. The van der Waals surface area contributed by atoms with Gasteiger partial charge in [0.2, 0.25) is 0 Å². The van der Waals surface area contributed by atoms with E-state index in [1.54, 1.807) is 18.1 Å². The molecule has 3 heterocycles. The van der Waals surface area contributed by atoms with Crippen LogP contribution in [0.25, 0.3) is 22.8 Å². The summed E-state index contributed by atoms with van der Waals surface area (Å²) < 4.78 is 18.3. The molecule has 33 heavy (non-hydrogen) atoms. The van der Waals surface area contributed by atoms with Crippen LogP contribution in [0.2, 0.25) is 0 Å². The molecule has 0 radical (unpaired) electrons. The summed E-state index contributed by atoms with van der Waals surface area (Å²) in [4.78, 5) is 19.1. The molecule has 1 unspecified atom stereocenters. The van der Waals surface area contributed by atoms with Gasteiger partial charge < -0.3 is 23.9 Å². The predicted octanol–water partition coefficient (Wildman–Crippen LogP) is 4.20. The summed E-state index contributed by atoms with van der Waals surface area (Å²) >= 11 is 0. The standard InChI is InChI=1S/C24H30N4O5/c1-15-20(12-19(14-29)32-15)22-25-21(16-6-8-18(31-5)9-7-16)26-28(22)17-10-11-27(13-17)23(30)33-24(2,3)4/h6-9,12,17,29H,10-11,13-14H2,1-5H3. The maximum Gasteiger partial charge on any atom is 0.410 e. The summed E-state index contributed by atoms with van der Waals surface area (Å²) in [6.07, 6.45) is 0.394. The molecule has 4 rings (SSSR count). The minimum absolute atomic E-state index is 0.0705. The Labute approximate surface area is 192 Å². The number of furan rings is 1. The number of amides is 1. The minimum atomic E-state index is -0.552. The van der Waals surface area contributed by atoms with Crippen LogP contribution in [0.3, 0.4) is 0 Å². The number of aliphatic hydroxyl groups excluding tert-OH is 1. The lowest BCUT2D eigenvalue weighted by atomic mass is 10.2. The smallest absolute Gasteiger partial charge is 0.410 e. The van der Waals surface area contributed by atoms with Crippen molar-refractivity contribution >= 4 is 6.09 Å². The number of hydrogen-bond acceptors (Lipinski definition) is 7. The van der Waals surface area contributed by atoms with Gasteiger partial charge >= 0.3 is 6.09 Å². The fourth-order valence-corrected chi connectivity index (χ4v) is 3.90. The fraction of sp³-hybridized carbons (Fsp3) is 0.458. The van der Waals surface area contributed by atoms with Crippen molar-refractivity contribution in [2.75, 3.05) is 20.2 Å². The number of aryl methyl sites for hydroxylation is 1. The Balaban J connectivity index is 1.69. The molecular weight excluding hydrogens is 424 g/mol. The van der Waals surface area contributed by atoms with E-state index in [4.69, 9.17) is 24.0 Å². The number of benzene rings is 1. The molecule has 3 aromatic rings. The second-order valence-electron chi connectivity index (χ2n) is 9.14. The maximum atomic E-state index is 12.6. The van der Waals surface area contributed by atoms with Gasteiger partial charge in [0.25, 0.3) is 0 Å². The molecule has 0 bridgehead atoms. The number of methoxy groups -OCH3 is 1. The van der Waals surface area contributed by atoms with Crippen molar-refractivity contribution < 1.29 is 23.8 Å². The van der Waals surface area contributed by atoms with E-state index in [1.165, 1.54) is 0 Å². The highest BCUT2D eigenvalue weighted by atomic mass is 16.6. The van der Waals surface area contributed by atoms with Crippen LogP contribution in [0.5, 0.6) is 5.75 Å². The maximum absolute atomic E-state index is 12.6. The van der Waals surface area contributed by atoms with Gasteiger partial charge in [-0.3, -0.25) is 0 Å². The Morgan fingerprint density at radius 2 is 2.00 bits per heavy atom. The molecule has 1 saturated heterocycles. The number of ether oxygens (including phenoxy) is 2. The van der Waals surface area contributed by atoms with Gasteiger partial charge in [-0.1, -0.05) is 0 Å². The van der Waals surface area contributed by atoms with E-state index in [0.29, 0.717) is 36.3 Å². The number of aliphatic hydroxyl groups is 1. The van der Waals surface area contributed by atoms with Gasteiger partial charge in [-0.15, -0.1) is 0 Å². The van der Waals surface area contributed by atoms with E-state index in [-0.39, 0.29) is 18.7 Å². The minimum Gasteiger partial charge on any atom is -0.497 e. The molecule has 1 atom stereocenters. The molecule has 1 aromatic carbocycles. The second-order valence-corrected chi connectivity index (χ2v) is 9.14. The Bertz CT molecular complexity index is 1130. The first kappa shape index (κ1) is 22.8. The summed E-state index contributed by atoms with van der Waals surface area (Å²) in [5.41, 5.74) is 1.06. The van der Waals surface area contributed by atoms with Crippen molar-refractivity contribution in [1.82, 2.24) is 19.7 Å². The van der Waals surface area contributed by atoms with Crippen molar-refractivity contribution in [3.05, 3.63) is 41.9 Å². The number of likely N-dealkylation sites (tertiary alicyclic amines) is 1. The van der Waals surface area contributed by atoms with Crippen molar-refractivity contribution in [3.63, 3.8) is 0 Å². The highest BCUT2D eigenvalue weighted by molar-refractivity contribution is 5.69.